The van der Waals surface area contributed by atoms with Crippen molar-refractivity contribution in [3.63, 3.8) is 0 Å². The molecule has 1 aromatic rings. The molecule has 1 saturated carbocycles. The van der Waals surface area contributed by atoms with Crippen molar-refractivity contribution in [1.29, 1.82) is 0 Å². The van der Waals surface area contributed by atoms with Crippen molar-refractivity contribution in [2.45, 2.75) is 31.6 Å². The third-order valence-corrected chi connectivity index (χ3v) is 3.03. The molecule has 0 aliphatic heterocycles. The molecule has 14 heavy (non-hydrogen) atoms. The second-order valence-corrected chi connectivity index (χ2v) is 3.91. The van der Waals surface area contributed by atoms with Gasteiger partial charge < -0.3 is 9.84 Å². The van der Waals surface area contributed by atoms with Crippen molar-refractivity contribution in [3.8, 4) is 11.5 Å². The Morgan fingerprint density at radius 2 is 2.00 bits per heavy atom. The first kappa shape index (κ1) is 9.38. The number of ether oxygens (including phenoxy) is 1. The van der Waals surface area contributed by atoms with E-state index < -0.39 is 0 Å². The molecule has 0 saturated heterocycles. The van der Waals surface area contributed by atoms with E-state index in [1.807, 2.05) is 12.1 Å². The molecule has 0 atom stereocenters. The van der Waals surface area contributed by atoms with Gasteiger partial charge in [0.1, 0.15) is 0 Å². The Morgan fingerprint density at radius 1 is 1.29 bits per heavy atom. The second-order valence-electron chi connectivity index (χ2n) is 3.91. The molecule has 2 rings (SSSR count). The van der Waals surface area contributed by atoms with Crippen LogP contribution in [0.2, 0.25) is 0 Å². The number of hydrogen-bond acceptors (Lipinski definition) is 2. The minimum atomic E-state index is 0.231. The van der Waals surface area contributed by atoms with Crippen LogP contribution in [0.3, 0.4) is 0 Å². The Balaban J connectivity index is 2.25. The molecule has 0 unspecified atom stereocenters. The molecule has 1 N–H and O–H groups in total. The highest BCUT2D eigenvalue weighted by Gasteiger charge is 2.18. The summed E-state index contributed by atoms with van der Waals surface area (Å²) in [7, 11) is 1.59. The first-order chi connectivity index (χ1) is 6.81. The van der Waals surface area contributed by atoms with Gasteiger partial charge in [-0.15, -0.1) is 0 Å². The van der Waals surface area contributed by atoms with Crippen LogP contribution >= 0.6 is 0 Å². The lowest BCUT2D eigenvalue weighted by Gasteiger charge is -2.11. The van der Waals surface area contributed by atoms with E-state index in [0.29, 0.717) is 11.7 Å². The van der Waals surface area contributed by atoms with Gasteiger partial charge in [0.2, 0.25) is 0 Å². The number of hydrogen-bond donors (Lipinski definition) is 1. The lowest BCUT2D eigenvalue weighted by Crippen LogP contribution is -1.93. The van der Waals surface area contributed by atoms with Gasteiger partial charge in [-0.1, -0.05) is 18.9 Å². The Bertz CT molecular complexity index is 314. The van der Waals surface area contributed by atoms with Crippen LogP contribution in [0.25, 0.3) is 0 Å². The SMILES string of the molecule is COc1cc(C2CCCC2)ccc1O. The molecule has 76 valence electrons. The maximum absolute atomic E-state index is 9.45. The fraction of sp³-hybridized carbons (Fsp3) is 0.500. The second kappa shape index (κ2) is 3.91. The number of aromatic hydroxyl groups is 1. The first-order valence-electron chi connectivity index (χ1n) is 5.18. The minimum absolute atomic E-state index is 0.231. The standard InChI is InChI=1S/C12H16O2/c1-14-12-8-10(6-7-11(12)13)9-4-2-3-5-9/h6-9,13H,2-5H2,1H3. The van der Waals surface area contributed by atoms with E-state index in [1.165, 1.54) is 31.2 Å². The van der Waals surface area contributed by atoms with E-state index >= 15 is 0 Å². The van der Waals surface area contributed by atoms with Gasteiger partial charge in [-0.3, -0.25) is 0 Å². The van der Waals surface area contributed by atoms with Gasteiger partial charge in [-0.05, 0) is 36.5 Å². The summed E-state index contributed by atoms with van der Waals surface area (Å²) in [5.41, 5.74) is 1.30. The lowest BCUT2D eigenvalue weighted by molar-refractivity contribution is 0.372. The van der Waals surface area contributed by atoms with E-state index in [4.69, 9.17) is 4.74 Å². The van der Waals surface area contributed by atoms with E-state index in [0.717, 1.165) is 0 Å². The third-order valence-electron chi connectivity index (χ3n) is 3.03. The smallest absolute Gasteiger partial charge is 0.160 e. The molecule has 2 heteroatoms. The van der Waals surface area contributed by atoms with E-state index in [1.54, 1.807) is 13.2 Å². The third kappa shape index (κ3) is 1.69. The zero-order chi connectivity index (χ0) is 9.97. The summed E-state index contributed by atoms with van der Waals surface area (Å²) in [5.74, 6) is 1.49. The Labute approximate surface area is 84.5 Å². The van der Waals surface area contributed by atoms with Crippen molar-refractivity contribution in [2.75, 3.05) is 7.11 Å². The zero-order valence-electron chi connectivity index (χ0n) is 8.49. The molecule has 0 radical (unpaired) electrons. The average Bonchev–Trinajstić information content (AvgIpc) is 2.71. The summed E-state index contributed by atoms with van der Waals surface area (Å²) in [4.78, 5) is 0. The van der Waals surface area contributed by atoms with Gasteiger partial charge in [-0.2, -0.15) is 0 Å². The molecular weight excluding hydrogens is 176 g/mol. The Hall–Kier alpha value is -1.18. The fourth-order valence-electron chi connectivity index (χ4n) is 2.21. The van der Waals surface area contributed by atoms with Crippen molar-refractivity contribution < 1.29 is 9.84 Å². The van der Waals surface area contributed by atoms with Gasteiger partial charge in [0.25, 0.3) is 0 Å². The maximum Gasteiger partial charge on any atom is 0.160 e. The number of benzene rings is 1. The molecule has 0 heterocycles. The summed E-state index contributed by atoms with van der Waals surface area (Å²) in [5, 5.41) is 9.45. The number of phenolic OH excluding ortho intramolecular Hbond substituents is 1. The maximum atomic E-state index is 9.45. The normalized spacial score (nSPS) is 17.2. The van der Waals surface area contributed by atoms with Gasteiger partial charge in [0.05, 0.1) is 7.11 Å². The monoisotopic (exact) mass is 192 g/mol. The molecule has 2 nitrogen and oxygen atoms in total. The summed E-state index contributed by atoms with van der Waals surface area (Å²) in [6.45, 7) is 0. The Morgan fingerprint density at radius 3 is 2.64 bits per heavy atom. The van der Waals surface area contributed by atoms with Crippen molar-refractivity contribution >= 4 is 0 Å². The van der Waals surface area contributed by atoms with E-state index in [9.17, 15) is 5.11 Å². The summed E-state index contributed by atoms with van der Waals surface area (Å²) < 4.78 is 5.10. The van der Waals surface area contributed by atoms with Crippen LogP contribution in [-0.4, -0.2) is 12.2 Å². The summed E-state index contributed by atoms with van der Waals surface area (Å²) in [6, 6.07) is 5.70. The van der Waals surface area contributed by atoms with Crippen molar-refractivity contribution in [3.05, 3.63) is 23.8 Å². The largest absolute Gasteiger partial charge is 0.504 e. The molecule has 0 amide bonds. The highest BCUT2D eigenvalue weighted by molar-refractivity contribution is 5.42. The molecule has 0 spiro atoms. The van der Waals surface area contributed by atoms with Gasteiger partial charge in [-0.25, -0.2) is 0 Å². The number of methoxy groups -OCH3 is 1. The van der Waals surface area contributed by atoms with E-state index in [-0.39, 0.29) is 5.75 Å². The van der Waals surface area contributed by atoms with Crippen LogP contribution < -0.4 is 4.74 Å². The van der Waals surface area contributed by atoms with Crippen LogP contribution in [0.1, 0.15) is 37.2 Å². The average molecular weight is 192 g/mol. The van der Waals surface area contributed by atoms with Gasteiger partial charge >= 0.3 is 0 Å². The van der Waals surface area contributed by atoms with Crippen LogP contribution in [0.5, 0.6) is 11.5 Å². The van der Waals surface area contributed by atoms with Gasteiger partial charge in [0.15, 0.2) is 11.5 Å². The zero-order valence-corrected chi connectivity index (χ0v) is 8.49. The van der Waals surface area contributed by atoms with Crippen molar-refractivity contribution in [2.24, 2.45) is 0 Å². The topological polar surface area (TPSA) is 29.5 Å². The summed E-state index contributed by atoms with van der Waals surface area (Å²) in [6.07, 6.45) is 5.20. The number of phenols is 1. The quantitative estimate of drug-likeness (QED) is 0.780. The van der Waals surface area contributed by atoms with Crippen LogP contribution in [0, 0.1) is 0 Å². The van der Waals surface area contributed by atoms with Crippen LogP contribution in [0.15, 0.2) is 18.2 Å². The van der Waals surface area contributed by atoms with Crippen LogP contribution in [-0.2, 0) is 0 Å². The highest BCUT2D eigenvalue weighted by Crippen LogP contribution is 2.37. The summed E-state index contributed by atoms with van der Waals surface area (Å²) >= 11 is 0. The van der Waals surface area contributed by atoms with Gasteiger partial charge in [0, 0.05) is 0 Å². The molecule has 1 fully saturated rings. The van der Waals surface area contributed by atoms with E-state index in [2.05, 4.69) is 0 Å². The minimum Gasteiger partial charge on any atom is -0.504 e. The molecular formula is C12H16O2. The first-order valence-corrected chi connectivity index (χ1v) is 5.18. The van der Waals surface area contributed by atoms with Crippen molar-refractivity contribution in [1.82, 2.24) is 0 Å². The molecule has 0 aromatic heterocycles. The predicted octanol–water partition coefficient (Wildman–Crippen LogP) is 3.06. The Kier molecular flexibility index (Phi) is 2.62. The molecule has 1 aromatic carbocycles. The molecule has 1 aliphatic rings. The highest BCUT2D eigenvalue weighted by atomic mass is 16.5. The predicted molar refractivity (Wildman–Crippen MR) is 55.9 cm³/mol. The fourth-order valence-corrected chi connectivity index (χ4v) is 2.21. The van der Waals surface area contributed by atoms with Crippen LogP contribution in [0.4, 0.5) is 0 Å². The molecule has 1 aliphatic carbocycles. The number of rotatable bonds is 2. The lowest BCUT2D eigenvalue weighted by atomic mass is 9.97. The molecule has 0 bridgehead atoms.